The summed E-state index contributed by atoms with van der Waals surface area (Å²) in [6.45, 7) is 7.28. The summed E-state index contributed by atoms with van der Waals surface area (Å²) < 4.78 is 33.4. The lowest BCUT2D eigenvalue weighted by molar-refractivity contribution is 0.00206. The van der Waals surface area contributed by atoms with Crippen LogP contribution in [0.25, 0.3) is 0 Å². The molecule has 1 fully saturated rings. The molecule has 1 heterocycles. The Labute approximate surface area is 231 Å². The molecule has 8 heteroatoms. The Morgan fingerprint density at radius 2 is 0.897 bits per heavy atom. The Kier molecular flexibility index (Phi) is 11.9. The first-order valence-corrected chi connectivity index (χ1v) is 13.5. The summed E-state index contributed by atoms with van der Waals surface area (Å²) >= 11 is 0. The molecule has 8 nitrogen and oxygen atoms in total. The van der Waals surface area contributed by atoms with Gasteiger partial charge >= 0.3 is 0 Å². The quantitative estimate of drug-likeness (QED) is 0.416. The Bertz CT molecular complexity index is 1010. The van der Waals surface area contributed by atoms with Crippen molar-refractivity contribution in [3.8, 4) is 11.5 Å². The molecular weight excluding hydrogens is 496 g/mol. The van der Waals surface area contributed by atoms with Crippen LogP contribution < -0.4 is 14.4 Å². The summed E-state index contributed by atoms with van der Waals surface area (Å²) in [5.41, 5.74) is 4.38. The van der Waals surface area contributed by atoms with Crippen molar-refractivity contribution in [3.05, 3.63) is 78.4 Å². The Balaban J connectivity index is 1.47. The average molecular weight is 537 g/mol. The molecule has 0 aliphatic carbocycles. The number of anilines is 3. The monoisotopic (exact) mass is 536 g/mol. The number of hydrogen-bond donors (Lipinski definition) is 0. The minimum atomic E-state index is 0.583. The number of nitrogens with zero attached hydrogens (tertiary/aromatic N) is 2. The van der Waals surface area contributed by atoms with Gasteiger partial charge in [-0.2, -0.15) is 0 Å². The highest BCUT2D eigenvalue weighted by atomic mass is 16.6. The van der Waals surface area contributed by atoms with Gasteiger partial charge in [-0.1, -0.05) is 12.1 Å². The zero-order valence-corrected chi connectivity index (χ0v) is 23.1. The van der Waals surface area contributed by atoms with Gasteiger partial charge in [0.2, 0.25) is 0 Å². The van der Waals surface area contributed by atoms with E-state index in [1.807, 2.05) is 24.3 Å². The lowest BCUT2D eigenvalue weighted by Crippen LogP contribution is -2.31. The van der Waals surface area contributed by atoms with E-state index in [0.717, 1.165) is 48.2 Å². The predicted molar refractivity (Wildman–Crippen MR) is 153 cm³/mol. The summed E-state index contributed by atoms with van der Waals surface area (Å²) in [5.74, 6) is 1.65. The van der Waals surface area contributed by atoms with Crippen molar-refractivity contribution in [1.82, 2.24) is 4.90 Å². The van der Waals surface area contributed by atoms with Gasteiger partial charge in [0.15, 0.2) is 0 Å². The number of rotatable bonds is 7. The molecule has 0 amide bonds. The molecule has 0 spiro atoms. The van der Waals surface area contributed by atoms with E-state index < -0.39 is 0 Å². The average Bonchev–Trinajstić information content (AvgIpc) is 2.99. The van der Waals surface area contributed by atoms with Crippen molar-refractivity contribution in [2.75, 3.05) is 85.1 Å². The smallest absolute Gasteiger partial charge is 0.119 e. The van der Waals surface area contributed by atoms with Crippen molar-refractivity contribution < 1.29 is 28.4 Å². The molecule has 0 unspecified atom stereocenters. The fourth-order valence-corrected chi connectivity index (χ4v) is 4.34. The third kappa shape index (κ3) is 9.23. The van der Waals surface area contributed by atoms with Crippen LogP contribution in [0, 0.1) is 0 Å². The van der Waals surface area contributed by atoms with Gasteiger partial charge in [0.25, 0.3) is 0 Å². The zero-order chi connectivity index (χ0) is 27.1. The maximum atomic E-state index is 5.79. The maximum absolute atomic E-state index is 5.79. The minimum absolute atomic E-state index is 0.583. The second kappa shape index (κ2) is 16.1. The fraction of sp³-hybridized carbons (Fsp3) is 0.419. The number of benzene rings is 3. The lowest BCUT2D eigenvalue weighted by atomic mass is 10.1. The third-order valence-electron chi connectivity index (χ3n) is 6.48. The van der Waals surface area contributed by atoms with Gasteiger partial charge in [0.05, 0.1) is 67.1 Å². The Morgan fingerprint density at radius 1 is 0.538 bits per heavy atom. The summed E-state index contributed by atoms with van der Waals surface area (Å²) in [4.78, 5) is 4.58. The first kappa shape index (κ1) is 28.9. The summed E-state index contributed by atoms with van der Waals surface area (Å²) in [5, 5.41) is 0. The largest absolute Gasteiger partial charge is 0.497 e. The zero-order valence-electron chi connectivity index (χ0n) is 23.1. The molecule has 1 aliphatic heterocycles. The molecule has 3 aromatic rings. The van der Waals surface area contributed by atoms with Crippen LogP contribution in [0.4, 0.5) is 17.1 Å². The molecule has 0 aromatic heterocycles. The van der Waals surface area contributed by atoms with Crippen molar-refractivity contribution in [3.63, 3.8) is 0 Å². The topological polar surface area (TPSA) is 61.9 Å². The SMILES string of the molecule is COc1ccc(N(c2ccc(CN3CCOCCOCCOCCOCC3)cc2)c2ccc(OC)cc2)cc1. The van der Waals surface area contributed by atoms with Crippen LogP contribution in [0.1, 0.15) is 5.56 Å². The highest BCUT2D eigenvalue weighted by Crippen LogP contribution is 2.36. The molecule has 210 valence electrons. The second-order valence-electron chi connectivity index (χ2n) is 9.12. The molecule has 4 rings (SSSR count). The molecule has 39 heavy (non-hydrogen) atoms. The van der Waals surface area contributed by atoms with E-state index in [9.17, 15) is 0 Å². The highest BCUT2D eigenvalue weighted by Gasteiger charge is 2.14. The van der Waals surface area contributed by atoms with Crippen LogP contribution in [-0.4, -0.2) is 85.1 Å². The third-order valence-corrected chi connectivity index (χ3v) is 6.48. The molecule has 0 saturated carbocycles. The number of hydrogen-bond acceptors (Lipinski definition) is 8. The molecule has 1 saturated heterocycles. The van der Waals surface area contributed by atoms with E-state index in [1.165, 1.54) is 5.56 Å². The first-order chi connectivity index (χ1) is 19.3. The van der Waals surface area contributed by atoms with E-state index in [2.05, 4.69) is 58.3 Å². The van der Waals surface area contributed by atoms with Crippen LogP contribution in [0.5, 0.6) is 11.5 Å². The first-order valence-electron chi connectivity index (χ1n) is 13.5. The van der Waals surface area contributed by atoms with Crippen molar-refractivity contribution in [2.45, 2.75) is 6.54 Å². The normalized spacial score (nSPS) is 16.6. The Morgan fingerprint density at radius 3 is 1.28 bits per heavy atom. The van der Waals surface area contributed by atoms with E-state index in [-0.39, 0.29) is 0 Å². The van der Waals surface area contributed by atoms with Crippen LogP contribution in [0.3, 0.4) is 0 Å². The fourth-order valence-electron chi connectivity index (χ4n) is 4.34. The second-order valence-corrected chi connectivity index (χ2v) is 9.12. The van der Waals surface area contributed by atoms with Crippen molar-refractivity contribution in [2.24, 2.45) is 0 Å². The summed E-state index contributed by atoms with van der Waals surface area (Å²) in [7, 11) is 3.36. The van der Waals surface area contributed by atoms with Gasteiger partial charge in [0, 0.05) is 36.7 Å². The lowest BCUT2D eigenvalue weighted by Gasteiger charge is -2.26. The Hall–Kier alpha value is -3.14. The van der Waals surface area contributed by atoms with Gasteiger partial charge in [-0.3, -0.25) is 4.90 Å². The van der Waals surface area contributed by atoms with Crippen LogP contribution in [0.15, 0.2) is 72.8 Å². The van der Waals surface area contributed by atoms with Crippen molar-refractivity contribution in [1.29, 1.82) is 0 Å². The van der Waals surface area contributed by atoms with Crippen molar-refractivity contribution >= 4 is 17.1 Å². The molecule has 3 aromatic carbocycles. The van der Waals surface area contributed by atoms with Crippen LogP contribution >= 0.6 is 0 Å². The van der Waals surface area contributed by atoms with E-state index in [0.29, 0.717) is 52.9 Å². The number of ether oxygens (including phenoxy) is 6. The van der Waals surface area contributed by atoms with Gasteiger partial charge in [-0.25, -0.2) is 0 Å². The standard InChI is InChI=1S/C31H40N2O6/c1-34-30-11-7-28(8-12-30)33(29-9-13-31(35-2)14-10-29)27-5-3-26(4-6-27)25-32-15-17-36-19-21-38-23-24-39-22-20-37-18-16-32/h3-14H,15-25H2,1-2H3. The summed E-state index contributed by atoms with van der Waals surface area (Å²) in [6.07, 6.45) is 0. The van der Waals surface area contributed by atoms with Gasteiger partial charge < -0.3 is 33.3 Å². The number of methoxy groups -OCH3 is 2. The molecule has 0 atom stereocenters. The summed E-state index contributed by atoms with van der Waals surface area (Å²) in [6, 6.07) is 24.9. The highest BCUT2D eigenvalue weighted by molar-refractivity contribution is 5.77. The maximum Gasteiger partial charge on any atom is 0.119 e. The predicted octanol–water partition coefficient (Wildman–Crippen LogP) is 5.06. The molecule has 1 aliphatic rings. The van der Waals surface area contributed by atoms with Crippen LogP contribution in [-0.2, 0) is 25.5 Å². The van der Waals surface area contributed by atoms with E-state index >= 15 is 0 Å². The molecular formula is C31H40N2O6. The molecule has 0 radical (unpaired) electrons. The van der Waals surface area contributed by atoms with E-state index in [1.54, 1.807) is 14.2 Å². The van der Waals surface area contributed by atoms with Gasteiger partial charge in [-0.05, 0) is 66.2 Å². The van der Waals surface area contributed by atoms with Gasteiger partial charge in [-0.15, -0.1) is 0 Å². The molecule has 0 bridgehead atoms. The minimum Gasteiger partial charge on any atom is -0.497 e. The van der Waals surface area contributed by atoms with Crippen LogP contribution in [0.2, 0.25) is 0 Å². The van der Waals surface area contributed by atoms with Gasteiger partial charge in [0.1, 0.15) is 11.5 Å². The molecule has 0 N–H and O–H groups in total. The van der Waals surface area contributed by atoms with E-state index in [4.69, 9.17) is 28.4 Å².